The maximum atomic E-state index is 14.4. The van der Waals surface area contributed by atoms with Crippen LogP contribution in [0.5, 0.6) is 0 Å². The number of morpholine rings is 1. The Hall–Kier alpha value is -4.14. The molecule has 1 aromatic heterocycles. The van der Waals surface area contributed by atoms with E-state index in [9.17, 15) is 36.5 Å². The molecular weight excluding hydrogens is 701 g/mol. The third kappa shape index (κ3) is 7.33. The summed E-state index contributed by atoms with van der Waals surface area (Å²) in [6.45, 7) is 1.12. The van der Waals surface area contributed by atoms with Crippen molar-refractivity contribution in [1.82, 2.24) is 15.1 Å². The Morgan fingerprint density at radius 2 is 1.76 bits per heavy atom. The van der Waals surface area contributed by atoms with Crippen molar-refractivity contribution in [3.05, 3.63) is 106 Å². The van der Waals surface area contributed by atoms with Gasteiger partial charge in [0.1, 0.15) is 18.2 Å². The number of nitrogens with one attached hydrogen (secondary N) is 1. The highest BCUT2D eigenvalue weighted by Crippen LogP contribution is 2.59. The normalized spacial score (nSPS) is 19.1. The van der Waals surface area contributed by atoms with Crippen molar-refractivity contribution < 1.29 is 51.0 Å². The number of likely N-dealkylation sites (tertiary alicyclic amines) is 1. The minimum absolute atomic E-state index is 0.00551. The van der Waals surface area contributed by atoms with Crippen LogP contribution in [0.2, 0.25) is 0 Å². The van der Waals surface area contributed by atoms with Gasteiger partial charge in [0.25, 0.3) is 5.91 Å². The van der Waals surface area contributed by atoms with Crippen LogP contribution in [0.1, 0.15) is 45.3 Å². The van der Waals surface area contributed by atoms with E-state index >= 15 is 0 Å². The molecule has 2 saturated heterocycles. The summed E-state index contributed by atoms with van der Waals surface area (Å²) in [5.41, 5.74) is -4.29. The Bertz CT molecular complexity index is 1970. The van der Waals surface area contributed by atoms with Crippen molar-refractivity contribution >= 4 is 46.7 Å². The van der Waals surface area contributed by atoms with Crippen LogP contribution >= 0.6 is 18.9 Å². The van der Waals surface area contributed by atoms with Crippen LogP contribution in [0.15, 0.2) is 72.8 Å². The number of hydrogen-bond acceptors (Lipinski definition) is 6. The van der Waals surface area contributed by atoms with Gasteiger partial charge in [0.2, 0.25) is 11.8 Å². The summed E-state index contributed by atoms with van der Waals surface area (Å²) >= 11 is 0.893. The summed E-state index contributed by atoms with van der Waals surface area (Å²) in [6, 6.07) is 14.5. The van der Waals surface area contributed by atoms with Gasteiger partial charge in [0.05, 0.1) is 18.0 Å². The highest BCUT2D eigenvalue weighted by Gasteiger charge is 2.50. The van der Waals surface area contributed by atoms with E-state index < -0.39 is 54.4 Å². The number of ether oxygens (including phenoxy) is 1. The zero-order chi connectivity index (χ0) is 35.8. The molecule has 0 aliphatic carbocycles. The topological polar surface area (TPSA) is 136 Å². The van der Waals surface area contributed by atoms with Crippen LogP contribution in [-0.2, 0) is 31.0 Å². The lowest BCUT2D eigenvalue weighted by atomic mass is 10.0. The van der Waals surface area contributed by atoms with Gasteiger partial charge < -0.3 is 29.6 Å². The summed E-state index contributed by atoms with van der Waals surface area (Å²) < 4.78 is 74.3. The Morgan fingerprint density at radius 3 is 2.48 bits per heavy atom. The van der Waals surface area contributed by atoms with E-state index in [1.54, 1.807) is 4.90 Å². The first-order valence-corrected chi connectivity index (χ1v) is 18.1. The molecule has 16 heteroatoms. The quantitative estimate of drug-likeness (QED) is 0.156. The average molecular weight is 734 g/mol. The number of benzene rings is 3. The second-order valence-electron chi connectivity index (χ2n) is 12.2. The summed E-state index contributed by atoms with van der Waals surface area (Å²) in [5.74, 6) is -3.92. The van der Waals surface area contributed by atoms with Crippen LogP contribution in [0.3, 0.4) is 0 Å². The average Bonchev–Trinajstić information content (AvgIpc) is 3.77. The second kappa shape index (κ2) is 14.2. The molecule has 0 radical (unpaired) electrons. The lowest BCUT2D eigenvalue weighted by Crippen LogP contribution is -2.56. The summed E-state index contributed by atoms with van der Waals surface area (Å²) in [7, 11) is -5.84. The predicted octanol–water partition coefficient (Wildman–Crippen LogP) is 5.34. The standard InChI is InChI=1S/C34H32F4N3O7PS/c35-24-10-8-20(15-25(24)36)16-26(39-31(42)30-18-22-17-23(9-11-29(22)50-30)34(37,38)49(45,46)47)32(43)41-12-4-7-27(41)33(44)40-13-14-48-28(19-40)21-5-2-1-3-6-21/h1-3,5-6,8-11,15,17-18,26-28H,4,7,12-14,16,19H2,(H,39,42)(H2,45,46,47)/t26-,27-,28-/m0/s1. The van der Waals surface area contributed by atoms with Crippen LogP contribution < -0.4 is 5.32 Å². The van der Waals surface area contributed by atoms with Gasteiger partial charge in [-0.25, -0.2) is 8.78 Å². The van der Waals surface area contributed by atoms with Gasteiger partial charge in [0, 0.05) is 29.8 Å². The predicted molar refractivity (Wildman–Crippen MR) is 176 cm³/mol. The first-order chi connectivity index (χ1) is 23.7. The monoisotopic (exact) mass is 733 g/mol. The molecule has 2 fully saturated rings. The largest absolute Gasteiger partial charge is 0.399 e. The maximum absolute atomic E-state index is 14.4. The summed E-state index contributed by atoms with van der Waals surface area (Å²) in [5, 5.41) is 2.75. The number of amides is 3. The lowest BCUT2D eigenvalue weighted by molar-refractivity contribution is -0.149. The molecule has 0 saturated carbocycles. The molecule has 2 aliphatic rings. The Kier molecular flexibility index (Phi) is 10.2. The van der Waals surface area contributed by atoms with E-state index in [0.29, 0.717) is 30.7 Å². The molecule has 0 spiro atoms. The SMILES string of the molecule is O=C(N[C@@H](Cc1ccc(F)c(F)c1)C(=O)N1CCC[C@H]1C(=O)N1CCO[C@H](c2ccccc2)C1)c1cc2cc(C(F)(F)P(=O)(O)O)ccc2s1. The van der Waals surface area contributed by atoms with E-state index in [1.807, 2.05) is 30.3 Å². The number of carbonyl (C=O) groups is 3. The van der Waals surface area contributed by atoms with Crippen molar-refractivity contribution in [2.75, 3.05) is 26.2 Å². The lowest BCUT2D eigenvalue weighted by Gasteiger charge is -2.37. The molecule has 2 aliphatic heterocycles. The number of hydrogen-bond donors (Lipinski definition) is 3. The van der Waals surface area contributed by atoms with Crippen LogP contribution in [0.4, 0.5) is 17.6 Å². The van der Waals surface area contributed by atoms with Crippen molar-refractivity contribution in [2.24, 2.45) is 0 Å². The number of carbonyl (C=O) groups excluding carboxylic acids is 3. The van der Waals surface area contributed by atoms with E-state index in [1.165, 1.54) is 23.1 Å². The fourth-order valence-electron chi connectivity index (χ4n) is 6.26. The zero-order valence-corrected chi connectivity index (χ0v) is 28.0. The molecule has 50 heavy (non-hydrogen) atoms. The number of nitrogens with zero attached hydrogens (tertiary/aromatic N) is 2. The Morgan fingerprint density at radius 1 is 1.00 bits per heavy atom. The van der Waals surface area contributed by atoms with Crippen molar-refractivity contribution in [1.29, 1.82) is 0 Å². The van der Waals surface area contributed by atoms with E-state index in [-0.39, 0.29) is 47.3 Å². The van der Waals surface area contributed by atoms with Gasteiger partial charge in [-0.3, -0.25) is 18.9 Å². The number of thiophene rings is 1. The van der Waals surface area contributed by atoms with Crippen molar-refractivity contribution in [3.63, 3.8) is 0 Å². The van der Waals surface area contributed by atoms with E-state index in [0.717, 1.165) is 41.2 Å². The van der Waals surface area contributed by atoms with Gasteiger partial charge in [-0.1, -0.05) is 42.5 Å². The van der Waals surface area contributed by atoms with Gasteiger partial charge in [0.15, 0.2) is 11.6 Å². The fourth-order valence-corrected chi connectivity index (χ4v) is 7.68. The summed E-state index contributed by atoms with van der Waals surface area (Å²) in [4.78, 5) is 62.9. The first-order valence-electron chi connectivity index (χ1n) is 15.7. The molecule has 3 aromatic carbocycles. The smallest absolute Gasteiger partial charge is 0.370 e. The van der Waals surface area contributed by atoms with Gasteiger partial charge >= 0.3 is 13.3 Å². The number of alkyl halides is 2. The Labute approximate surface area is 287 Å². The third-order valence-corrected chi connectivity index (χ3v) is 11.0. The second-order valence-corrected chi connectivity index (χ2v) is 14.9. The minimum atomic E-state index is -5.84. The van der Waals surface area contributed by atoms with Crippen LogP contribution in [0.25, 0.3) is 10.1 Å². The number of halogens is 4. The van der Waals surface area contributed by atoms with Crippen molar-refractivity contribution in [3.8, 4) is 0 Å². The highest BCUT2D eigenvalue weighted by atomic mass is 32.1. The molecule has 3 N–H and O–H groups in total. The molecule has 0 unspecified atom stereocenters. The van der Waals surface area contributed by atoms with Crippen LogP contribution in [-0.4, -0.2) is 75.6 Å². The molecule has 3 amide bonds. The molecule has 10 nitrogen and oxygen atoms in total. The maximum Gasteiger partial charge on any atom is 0.399 e. The summed E-state index contributed by atoms with van der Waals surface area (Å²) in [6.07, 6.45) is 0.288. The molecule has 6 rings (SSSR count). The number of rotatable bonds is 9. The minimum Gasteiger partial charge on any atom is -0.370 e. The molecule has 3 atom stereocenters. The molecule has 4 aromatic rings. The van der Waals surface area contributed by atoms with E-state index in [2.05, 4.69) is 5.32 Å². The zero-order valence-electron chi connectivity index (χ0n) is 26.3. The number of fused-ring (bicyclic) bond motifs is 1. The van der Waals surface area contributed by atoms with E-state index in [4.69, 9.17) is 14.5 Å². The Balaban J connectivity index is 1.24. The third-order valence-electron chi connectivity index (χ3n) is 8.85. The molecule has 0 bridgehead atoms. The van der Waals surface area contributed by atoms with Gasteiger partial charge in [-0.2, -0.15) is 8.78 Å². The fraction of sp³-hybridized carbons (Fsp3) is 0.324. The van der Waals surface area contributed by atoms with Crippen LogP contribution in [0, 0.1) is 11.6 Å². The highest BCUT2D eigenvalue weighted by molar-refractivity contribution is 7.52. The molecule has 3 heterocycles. The van der Waals surface area contributed by atoms with Crippen molar-refractivity contribution in [2.45, 2.75) is 43.1 Å². The molecule has 264 valence electrons. The molecular formula is C34H32F4N3O7PS. The van der Waals surface area contributed by atoms with Gasteiger partial charge in [-0.15, -0.1) is 11.3 Å². The van der Waals surface area contributed by atoms with Gasteiger partial charge in [-0.05, 0) is 59.7 Å². The first kappa shape index (κ1) is 35.7.